The van der Waals surface area contributed by atoms with Gasteiger partial charge in [-0.05, 0) is 61.7 Å². The first-order valence-electron chi connectivity index (χ1n) is 9.91. The van der Waals surface area contributed by atoms with Gasteiger partial charge >= 0.3 is 0 Å². The maximum Gasteiger partial charge on any atom is 0.147 e. The predicted molar refractivity (Wildman–Crippen MR) is 108 cm³/mol. The zero-order valence-electron chi connectivity index (χ0n) is 16.1. The Balaban J connectivity index is 1.31. The molecule has 2 aliphatic rings. The lowest BCUT2D eigenvalue weighted by Gasteiger charge is -2.27. The van der Waals surface area contributed by atoms with E-state index in [0.29, 0.717) is 26.0 Å². The summed E-state index contributed by atoms with van der Waals surface area (Å²) < 4.78 is 16.4. The number of rotatable bonds is 5. The topological polar surface area (TPSA) is 59.6 Å². The van der Waals surface area contributed by atoms with Crippen LogP contribution in [0.5, 0.6) is 5.75 Å². The molecule has 5 rings (SSSR count). The van der Waals surface area contributed by atoms with E-state index in [4.69, 9.17) is 14.2 Å². The summed E-state index contributed by atoms with van der Waals surface area (Å²) in [6.07, 6.45) is 2.39. The highest BCUT2D eigenvalue weighted by Crippen LogP contribution is 2.37. The average molecular weight is 379 g/mol. The Hall–Kier alpha value is -2.57. The highest BCUT2D eigenvalue weighted by molar-refractivity contribution is 5.76. The number of hydrogen-bond acceptors (Lipinski definition) is 5. The second-order valence-corrected chi connectivity index (χ2v) is 7.53. The van der Waals surface area contributed by atoms with Gasteiger partial charge < -0.3 is 24.1 Å². The third-order valence-corrected chi connectivity index (χ3v) is 5.56. The summed E-state index contributed by atoms with van der Waals surface area (Å²) in [6, 6.07) is 15.4. The third kappa shape index (κ3) is 3.45. The van der Waals surface area contributed by atoms with Crippen LogP contribution in [0.4, 0.5) is 5.69 Å². The molecule has 1 unspecified atom stereocenters. The maximum atomic E-state index is 5.83. The van der Waals surface area contributed by atoms with Crippen LogP contribution in [0.25, 0.3) is 11.0 Å². The van der Waals surface area contributed by atoms with Gasteiger partial charge in [0.2, 0.25) is 0 Å². The zero-order valence-corrected chi connectivity index (χ0v) is 16.1. The third-order valence-electron chi connectivity index (χ3n) is 5.56. The summed E-state index contributed by atoms with van der Waals surface area (Å²) in [5.74, 6) is 1.82. The molecular weight excluding hydrogens is 354 g/mol. The van der Waals surface area contributed by atoms with E-state index < -0.39 is 0 Å². The number of aromatic amines is 1. The summed E-state index contributed by atoms with van der Waals surface area (Å²) in [5, 5.41) is 0. The fraction of sp³-hybridized carbons (Fsp3) is 0.409. The van der Waals surface area contributed by atoms with Crippen molar-refractivity contribution in [2.24, 2.45) is 0 Å². The number of nitrogens with one attached hydrogen (secondary N) is 1. The van der Waals surface area contributed by atoms with E-state index in [2.05, 4.69) is 45.2 Å². The Morgan fingerprint density at radius 3 is 2.93 bits per heavy atom. The van der Waals surface area contributed by atoms with Crippen LogP contribution in [-0.4, -0.2) is 42.6 Å². The van der Waals surface area contributed by atoms with Crippen molar-refractivity contribution in [2.45, 2.75) is 31.9 Å². The molecule has 6 heteroatoms. The summed E-state index contributed by atoms with van der Waals surface area (Å²) in [7, 11) is 0. The van der Waals surface area contributed by atoms with Gasteiger partial charge in [-0.3, -0.25) is 0 Å². The van der Waals surface area contributed by atoms with Gasteiger partial charge in [0.25, 0.3) is 0 Å². The normalized spacial score (nSPS) is 22.2. The lowest BCUT2D eigenvalue weighted by atomic mass is 10.0. The molecule has 0 amide bonds. The summed E-state index contributed by atoms with van der Waals surface area (Å²) in [4.78, 5) is 10.4. The van der Waals surface area contributed by atoms with Crippen molar-refractivity contribution in [1.82, 2.24) is 9.97 Å². The lowest BCUT2D eigenvalue weighted by molar-refractivity contribution is 0.0320. The van der Waals surface area contributed by atoms with Gasteiger partial charge in [0, 0.05) is 12.2 Å². The molecule has 2 fully saturated rings. The van der Waals surface area contributed by atoms with E-state index in [-0.39, 0.29) is 6.10 Å². The maximum absolute atomic E-state index is 5.83. The highest BCUT2D eigenvalue weighted by atomic mass is 16.7. The van der Waals surface area contributed by atoms with Crippen LogP contribution in [0.3, 0.4) is 0 Å². The van der Waals surface area contributed by atoms with E-state index in [1.807, 2.05) is 19.1 Å². The van der Waals surface area contributed by atoms with Gasteiger partial charge in [0.15, 0.2) is 0 Å². The Kier molecular flexibility index (Phi) is 4.66. The minimum atomic E-state index is 0.0312. The molecule has 2 atom stereocenters. The smallest absolute Gasteiger partial charge is 0.147 e. The molecule has 6 nitrogen and oxygen atoms in total. The number of H-pyrrole nitrogens is 1. The second-order valence-electron chi connectivity index (χ2n) is 7.53. The summed E-state index contributed by atoms with van der Waals surface area (Å²) >= 11 is 0. The molecule has 0 aliphatic carbocycles. The zero-order chi connectivity index (χ0) is 18.9. The first kappa shape index (κ1) is 17.5. The van der Waals surface area contributed by atoms with Gasteiger partial charge in [-0.2, -0.15) is 0 Å². The molecule has 2 aromatic carbocycles. The number of hydrogen-bond donors (Lipinski definition) is 1. The van der Waals surface area contributed by atoms with E-state index >= 15 is 0 Å². The van der Waals surface area contributed by atoms with Crippen molar-refractivity contribution in [1.29, 1.82) is 0 Å². The molecule has 0 spiro atoms. The quantitative estimate of drug-likeness (QED) is 0.727. The monoisotopic (exact) mass is 379 g/mol. The van der Waals surface area contributed by atoms with Crippen molar-refractivity contribution in [3.05, 3.63) is 53.9 Å². The first-order valence-corrected chi connectivity index (χ1v) is 9.91. The van der Waals surface area contributed by atoms with E-state index in [9.17, 15) is 0 Å². The minimum Gasteiger partial charge on any atom is -0.491 e. The second kappa shape index (κ2) is 7.45. The van der Waals surface area contributed by atoms with Gasteiger partial charge in [0.05, 0.1) is 23.7 Å². The predicted octanol–water partition coefficient (Wildman–Crippen LogP) is 3.96. The Bertz CT molecular complexity index is 947. The molecular formula is C22H25N3O3. The molecule has 3 heterocycles. The lowest BCUT2D eigenvalue weighted by Crippen LogP contribution is -2.22. The van der Waals surface area contributed by atoms with Crippen LogP contribution in [0.2, 0.25) is 0 Å². The number of benzene rings is 2. The van der Waals surface area contributed by atoms with E-state index in [1.54, 1.807) is 0 Å². The fourth-order valence-corrected chi connectivity index (χ4v) is 4.18. The molecule has 0 radical (unpaired) electrons. The van der Waals surface area contributed by atoms with Crippen molar-refractivity contribution < 1.29 is 14.2 Å². The van der Waals surface area contributed by atoms with Crippen LogP contribution < -0.4 is 9.64 Å². The minimum absolute atomic E-state index is 0.0312. The molecule has 0 saturated carbocycles. The largest absolute Gasteiger partial charge is 0.491 e. The number of aromatic nitrogens is 2. The van der Waals surface area contributed by atoms with Gasteiger partial charge in [0.1, 0.15) is 31.1 Å². The van der Waals surface area contributed by atoms with Crippen LogP contribution in [0.1, 0.15) is 30.3 Å². The van der Waals surface area contributed by atoms with E-state index in [1.165, 1.54) is 17.7 Å². The molecule has 28 heavy (non-hydrogen) atoms. The van der Waals surface area contributed by atoms with Gasteiger partial charge in [-0.25, -0.2) is 4.98 Å². The van der Waals surface area contributed by atoms with Gasteiger partial charge in [-0.15, -0.1) is 0 Å². The number of anilines is 1. The number of fused-ring (bicyclic) bond motifs is 1. The Labute approximate surface area is 164 Å². The fourth-order valence-electron chi connectivity index (χ4n) is 4.18. The number of imidazole rings is 1. The number of nitrogens with zero attached hydrogens (tertiary/aromatic N) is 2. The Morgan fingerprint density at radius 2 is 2.11 bits per heavy atom. The Morgan fingerprint density at radius 1 is 1.21 bits per heavy atom. The molecule has 1 aromatic heterocycles. The summed E-state index contributed by atoms with van der Waals surface area (Å²) in [5.41, 5.74) is 4.72. The summed E-state index contributed by atoms with van der Waals surface area (Å²) in [6.45, 7) is 4.56. The average Bonchev–Trinajstić information content (AvgIpc) is 3.46. The molecule has 2 saturated heterocycles. The molecule has 146 valence electrons. The van der Waals surface area contributed by atoms with Crippen molar-refractivity contribution in [2.75, 3.05) is 31.5 Å². The first-order chi connectivity index (χ1) is 13.8. The molecule has 1 N–H and O–H groups in total. The molecule has 0 bridgehead atoms. The number of aryl methyl sites for hydroxylation is 1. The highest BCUT2D eigenvalue weighted by Gasteiger charge is 2.26. The van der Waals surface area contributed by atoms with Crippen molar-refractivity contribution in [3.8, 4) is 5.75 Å². The molecule has 2 aliphatic heterocycles. The SMILES string of the molecule is Cc1nc2ccc([C@H]3CCCN3c3ccc(OCC4COCO4)cc3)cc2[nH]1. The standard InChI is InChI=1S/C22H25N3O3/c1-15-23-20-9-4-16(11-21(20)24-15)22-3-2-10-25(22)17-5-7-18(8-6-17)27-13-19-12-26-14-28-19/h4-9,11,19,22H,2-3,10,12-14H2,1H3,(H,23,24)/t19?,22-/m1/s1. The van der Waals surface area contributed by atoms with Crippen LogP contribution >= 0.6 is 0 Å². The molecule has 3 aromatic rings. The van der Waals surface area contributed by atoms with Crippen molar-refractivity contribution >= 4 is 16.7 Å². The van der Waals surface area contributed by atoms with E-state index in [0.717, 1.165) is 35.6 Å². The van der Waals surface area contributed by atoms with Crippen molar-refractivity contribution in [3.63, 3.8) is 0 Å². The van der Waals surface area contributed by atoms with Gasteiger partial charge in [-0.1, -0.05) is 6.07 Å². The van der Waals surface area contributed by atoms with Crippen LogP contribution in [0, 0.1) is 6.92 Å². The van der Waals surface area contributed by atoms with Crippen LogP contribution in [-0.2, 0) is 9.47 Å². The van der Waals surface area contributed by atoms with Crippen LogP contribution in [0.15, 0.2) is 42.5 Å². The number of ether oxygens (including phenoxy) is 3.